The van der Waals surface area contributed by atoms with Gasteiger partial charge in [0.2, 0.25) is 5.91 Å². The van der Waals surface area contributed by atoms with Crippen molar-refractivity contribution in [1.82, 2.24) is 9.13 Å². The van der Waals surface area contributed by atoms with Gasteiger partial charge in [0.1, 0.15) is 11.5 Å². The third-order valence-electron chi connectivity index (χ3n) is 7.62. The Labute approximate surface area is 171 Å². The van der Waals surface area contributed by atoms with Crippen LogP contribution in [0.5, 0.6) is 0 Å². The minimum atomic E-state index is -0.462. The Morgan fingerprint density at radius 2 is 1.62 bits per heavy atom. The van der Waals surface area contributed by atoms with Gasteiger partial charge in [-0.2, -0.15) is 0 Å². The van der Waals surface area contributed by atoms with E-state index in [1.807, 2.05) is 13.8 Å². The van der Waals surface area contributed by atoms with Gasteiger partial charge in [-0.25, -0.2) is 4.79 Å². The highest BCUT2D eigenvalue weighted by atomic mass is 16.2. The van der Waals surface area contributed by atoms with E-state index in [9.17, 15) is 14.4 Å². The monoisotopic (exact) mass is 402 g/mol. The van der Waals surface area contributed by atoms with Crippen molar-refractivity contribution in [3.05, 3.63) is 20.8 Å². The van der Waals surface area contributed by atoms with Crippen molar-refractivity contribution < 1.29 is 4.79 Å². The van der Waals surface area contributed by atoms with E-state index < -0.39 is 5.56 Å². The summed E-state index contributed by atoms with van der Waals surface area (Å²) in [6.07, 6.45) is 8.69. The number of amides is 1. The Morgan fingerprint density at radius 3 is 2.21 bits per heavy atom. The highest BCUT2D eigenvalue weighted by Crippen LogP contribution is 2.65. The van der Waals surface area contributed by atoms with Gasteiger partial charge in [-0.05, 0) is 62.7 Å². The summed E-state index contributed by atoms with van der Waals surface area (Å²) in [5.41, 5.74) is 5.20. The lowest BCUT2D eigenvalue weighted by atomic mass is 9.75. The lowest BCUT2D eigenvalue weighted by molar-refractivity contribution is -0.127. The molecule has 29 heavy (non-hydrogen) atoms. The summed E-state index contributed by atoms with van der Waals surface area (Å²) in [7, 11) is 0. The van der Waals surface area contributed by atoms with Crippen molar-refractivity contribution in [3.63, 3.8) is 0 Å². The van der Waals surface area contributed by atoms with Crippen LogP contribution in [0.15, 0.2) is 9.59 Å². The lowest BCUT2D eigenvalue weighted by Gasteiger charge is -2.31. The van der Waals surface area contributed by atoms with Crippen molar-refractivity contribution in [3.8, 4) is 0 Å². The first-order valence-corrected chi connectivity index (χ1v) is 11.4. The van der Waals surface area contributed by atoms with Crippen LogP contribution in [0.4, 0.5) is 11.5 Å². The molecule has 2 unspecified atom stereocenters. The first kappa shape index (κ1) is 20.2. The fourth-order valence-electron chi connectivity index (χ4n) is 6.28. The van der Waals surface area contributed by atoms with Crippen LogP contribution >= 0.6 is 0 Å². The number of carbonyl (C=O) groups is 1. The van der Waals surface area contributed by atoms with Crippen LogP contribution in [-0.2, 0) is 17.9 Å². The van der Waals surface area contributed by atoms with E-state index >= 15 is 0 Å². The van der Waals surface area contributed by atoms with Gasteiger partial charge in [0.25, 0.3) is 5.56 Å². The van der Waals surface area contributed by atoms with Gasteiger partial charge in [0.15, 0.2) is 0 Å². The second-order valence-electron chi connectivity index (χ2n) is 9.51. The van der Waals surface area contributed by atoms with Gasteiger partial charge >= 0.3 is 5.69 Å². The highest BCUT2D eigenvalue weighted by molar-refractivity contribution is 5.98. The number of unbranched alkanes of at least 4 members (excludes halogenated alkanes) is 2. The number of hydrogen-bond donors (Lipinski definition) is 2. The standard InChI is InChI=1S/C22H34N4O3/c1-3-5-7-25-18(23)17(19(27)26(21(25)29)8-6-4-2)24-20(28)22-12-14-9-15(13-22)11-16(22)10-14/h14-16H,3-13,23H2,1-2H3,(H,24,28). The van der Waals surface area contributed by atoms with Gasteiger partial charge < -0.3 is 11.1 Å². The van der Waals surface area contributed by atoms with Crippen molar-refractivity contribution in [2.75, 3.05) is 11.1 Å². The van der Waals surface area contributed by atoms with Crippen LogP contribution in [0.1, 0.15) is 71.6 Å². The van der Waals surface area contributed by atoms with Crippen molar-refractivity contribution >= 4 is 17.4 Å². The molecule has 0 aromatic carbocycles. The molecule has 160 valence electrons. The summed E-state index contributed by atoms with van der Waals surface area (Å²) >= 11 is 0. The van der Waals surface area contributed by atoms with E-state index in [0.29, 0.717) is 30.8 Å². The molecule has 1 amide bonds. The molecule has 4 bridgehead atoms. The maximum Gasteiger partial charge on any atom is 0.332 e. The predicted octanol–water partition coefficient (Wildman–Crippen LogP) is 2.96. The first-order valence-electron chi connectivity index (χ1n) is 11.4. The summed E-state index contributed by atoms with van der Waals surface area (Å²) in [4.78, 5) is 39.4. The molecular formula is C22H34N4O3. The zero-order valence-corrected chi connectivity index (χ0v) is 17.7. The smallest absolute Gasteiger partial charge is 0.332 e. The SMILES string of the molecule is CCCCn1c(N)c(NC(=O)C23CC4CC(CC2C4)C3)c(=O)n(CCCC)c1=O. The molecule has 1 aromatic heterocycles. The molecule has 0 radical (unpaired) electrons. The fourth-order valence-corrected chi connectivity index (χ4v) is 6.28. The van der Waals surface area contributed by atoms with E-state index in [-0.39, 0.29) is 28.5 Å². The summed E-state index contributed by atoms with van der Waals surface area (Å²) in [5.74, 6) is 1.77. The summed E-state index contributed by atoms with van der Waals surface area (Å²) < 4.78 is 2.72. The molecule has 4 aliphatic carbocycles. The van der Waals surface area contributed by atoms with Gasteiger partial charge in [-0.1, -0.05) is 26.7 Å². The molecule has 7 nitrogen and oxygen atoms in total. The second kappa shape index (κ2) is 7.65. The molecule has 0 saturated heterocycles. The predicted molar refractivity (Wildman–Crippen MR) is 114 cm³/mol. The maximum atomic E-state index is 13.4. The quantitative estimate of drug-likeness (QED) is 0.698. The molecule has 5 rings (SSSR count). The number of nitrogen functional groups attached to an aromatic ring is 1. The second-order valence-corrected chi connectivity index (χ2v) is 9.51. The van der Waals surface area contributed by atoms with Crippen LogP contribution < -0.4 is 22.3 Å². The van der Waals surface area contributed by atoms with E-state index in [2.05, 4.69) is 5.32 Å². The topological polar surface area (TPSA) is 99.1 Å². The van der Waals surface area contributed by atoms with Crippen LogP contribution in [-0.4, -0.2) is 15.0 Å². The zero-order valence-electron chi connectivity index (χ0n) is 17.7. The minimum absolute atomic E-state index is 0.0567. The highest BCUT2D eigenvalue weighted by Gasteiger charge is 2.61. The zero-order chi connectivity index (χ0) is 20.8. The molecule has 1 heterocycles. The van der Waals surface area contributed by atoms with E-state index in [0.717, 1.165) is 51.4 Å². The number of nitrogens with zero attached hydrogens (tertiary/aromatic N) is 2. The van der Waals surface area contributed by atoms with Gasteiger partial charge in [-0.3, -0.25) is 18.7 Å². The fraction of sp³-hybridized carbons (Fsp3) is 0.773. The lowest BCUT2D eigenvalue weighted by Crippen LogP contribution is -2.45. The third-order valence-corrected chi connectivity index (χ3v) is 7.62. The Bertz CT molecular complexity index is 902. The molecule has 4 aliphatic rings. The van der Waals surface area contributed by atoms with Crippen molar-refractivity contribution in [2.24, 2.45) is 23.2 Å². The average Bonchev–Trinajstić information content (AvgIpc) is 3.10. The van der Waals surface area contributed by atoms with Crippen molar-refractivity contribution in [1.29, 1.82) is 0 Å². The van der Waals surface area contributed by atoms with Crippen LogP contribution in [0, 0.1) is 23.2 Å². The molecule has 2 atom stereocenters. The van der Waals surface area contributed by atoms with Gasteiger partial charge in [0.05, 0.1) is 5.41 Å². The Hall–Kier alpha value is -2.05. The molecule has 4 saturated carbocycles. The number of nitrogens with two attached hydrogens (primary N) is 1. The van der Waals surface area contributed by atoms with Crippen LogP contribution in [0.2, 0.25) is 0 Å². The van der Waals surface area contributed by atoms with Gasteiger partial charge in [-0.15, -0.1) is 0 Å². The average molecular weight is 403 g/mol. The summed E-state index contributed by atoms with van der Waals surface area (Å²) in [6.45, 7) is 4.86. The Morgan fingerprint density at radius 1 is 1.03 bits per heavy atom. The van der Waals surface area contributed by atoms with Crippen LogP contribution in [0.25, 0.3) is 0 Å². The van der Waals surface area contributed by atoms with E-state index in [1.165, 1.54) is 15.6 Å². The third kappa shape index (κ3) is 3.22. The number of nitrogens with one attached hydrogen (secondary N) is 1. The van der Waals surface area contributed by atoms with E-state index in [4.69, 9.17) is 5.73 Å². The molecular weight excluding hydrogens is 368 g/mol. The molecule has 0 spiro atoms. The molecule has 4 fully saturated rings. The first-order chi connectivity index (χ1) is 13.9. The maximum absolute atomic E-state index is 13.4. The molecule has 7 heteroatoms. The van der Waals surface area contributed by atoms with Crippen LogP contribution in [0.3, 0.4) is 0 Å². The Kier molecular flexibility index (Phi) is 5.34. The number of aromatic nitrogens is 2. The minimum Gasteiger partial charge on any atom is -0.383 e. The summed E-state index contributed by atoms with van der Waals surface area (Å²) in [6, 6.07) is 0. The number of anilines is 2. The number of rotatable bonds is 8. The molecule has 1 aromatic rings. The number of hydrogen-bond acceptors (Lipinski definition) is 4. The van der Waals surface area contributed by atoms with Crippen molar-refractivity contribution in [2.45, 2.75) is 84.7 Å². The summed E-state index contributed by atoms with van der Waals surface area (Å²) in [5, 5.41) is 2.93. The normalized spacial score (nSPS) is 29.5. The molecule has 0 aliphatic heterocycles. The van der Waals surface area contributed by atoms with E-state index in [1.54, 1.807) is 0 Å². The largest absolute Gasteiger partial charge is 0.383 e. The Balaban J connectivity index is 1.70. The van der Waals surface area contributed by atoms with Gasteiger partial charge in [0, 0.05) is 13.1 Å². The molecule has 3 N–H and O–H groups in total. The number of carbonyl (C=O) groups excluding carboxylic acids is 1.